The van der Waals surface area contributed by atoms with Gasteiger partial charge in [-0.3, -0.25) is 0 Å². The molecule has 1 heterocycles. The molecule has 2 rings (SSSR count). The van der Waals surface area contributed by atoms with Crippen molar-refractivity contribution in [3.63, 3.8) is 0 Å². The van der Waals surface area contributed by atoms with Crippen LogP contribution in [-0.4, -0.2) is 4.98 Å². The first-order chi connectivity index (χ1) is 5.25. The van der Waals surface area contributed by atoms with Gasteiger partial charge in [-0.1, -0.05) is 0 Å². The molecule has 0 amide bonds. The number of H-pyrrole nitrogens is 1. The topological polar surface area (TPSA) is 15.8 Å². The molecule has 0 saturated carbocycles. The number of aromatic nitrogens is 1. The maximum Gasteiger partial charge on any atom is 0.0456 e. The summed E-state index contributed by atoms with van der Waals surface area (Å²) in [5.41, 5.74) is 2.45. The third-order valence-electron chi connectivity index (χ3n) is 1.72. The van der Waals surface area contributed by atoms with Crippen LogP contribution in [0.3, 0.4) is 0 Å². The zero-order chi connectivity index (χ0) is 7.84. The molecule has 0 aliphatic carbocycles. The first-order valence-electron chi connectivity index (χ1n) is 3.50. The van der Waals surface area contributed by atoms with Crippen molar-refractivity contribution in [1.82, 2.24) is 4.98 Å². The Morgan fingerprint density at radius 1 is 1.27 bits per heavy atom. The van der Waals surface area contributed by atoms with Gasteiger partial charge >= 0.3 is 0 Å². The van der Waals surface area contributed by atoms with Gasteiger partial charge in [0, 0.05) is 20.2 Å². The van der Waals surface area contributed by atoms with E-state index in [0.29, 0.717) is 0 Å². The van der Waals surface area contributed by atoms with Gasteiger partial charge in [0.1, 0.15) is 0 Å². The molecule has 0 spiro atoms. The Labute approximate surface area is 78.9 Å². The minimum atomic E-state index is 1.22. The highest BCUT2D eigenvalue weighted by atomic mass is 127. The van der Waals surface area contributed by atoms with Crippen molar-refractivity contribution in [1.29, 1.82) is 0 Å². The van der Waals surface area contributed by atoms with Crippen LogP contribution in [0.4, 0.5) is 0 Å². The minimum absolute atomic E-state index is 1.22. The van der Waals surface area contributed by atoms with Crippen LogP contribution in [0.25, 0.3) is 10.9 Å². The van der Waals surface area contributed by atoms with Crippen LogP contribution < -0.4 is 0 Å². The summed E-state index contributed by atoms with van der Waals surface area (Å²) in [6.07, 6.45) is 0. The molecule has 0 bridgehead atoms. The van der Waals surface area contributed by atoms with Crippen molar-refractivity contribution in [2.45, 2.75) is 6.92 Å². The number of aromatic amines is 1. The lowest BCUT2D eigenvalue weighted by Gasteiger charge is -1.89. The Morgan fingerprint density at radius 2 is 2.09 bits per heavy atom. The van der Waals surface area contributed by atoms with E-state index in [4.69, 9.17) is 0 Å². The third-order valence-corrected chi connectivity index (χ3v) is 2.39. The highest BCUT2D eigenvalue weighted by Gasteiger charge is 1.95. The quantitative estimate of drug-likeness (QED) is 0.698. The van der Waals surface area contributed by atoms with Crippen molar-refractivity contribution < 1.29 is 0 Å². The molecule has 1 aromatic carbocycles. The Hall–Kier alpha value is -0.510. The molecule has 0 atom stereocenters. The van der Waals surface area contributed by atoms with E-state index in [1.807, 2.05) is 0 Å². The first-order valence-corrected chi connectivity index (χ1v) is 4.58. The van der Waals surface area contributed by atoms with Gasteiger partial charge in [0.2, 0.25) is 0 Å². The van der Waals surface area contributed by atoms with Crippen molar-refractivity contribution >= 4 is 33.5 Å². The highest BCUT2D eigenvalue weighted by molar-refractivity contribution is 14.1. The van der Waals surface area contributed by atoms with E-state index in [9.17, 15) is 0 Å². The number of fused-ring (bicyclic) bond motifs is 1. The molecule has 1 nitrogen and oxygen atoms in total. The molecule has 11 heavy (non-hydrogen) atoms. The van der Waals surface area contributed by atoms with Crippen LogP contribution in [0, 0.1) is 10.5 Å². The number of rotatable bonds is 0. The van der Waals surface area contributed by atoms with Crippen LogP contribution in [0.2, 0.25) is 0 Å². The van der Waals surface area contributed by atoms with E-state index in [0.717, 1.165) is 0 Å². The largest absolute Gasteiger partial charge is 0.359 e. The van der Waals surface area contributed by atoms with Crippen LogP contribution in [0.5, 0.6) is 0 Å². The molecule has 56 valence electrons. The van der Waals surface area contributed by atoms with E-state index in [1.54, 1.807) is 0 Å². The van der Waals surface area contributed by atoms with Gasteiger partial charge in [-0.05, 0) is 53.8 Å². The second kappa shape index (κ2) is 2.52. The smallest absolute Gasteiger partial charge is 0.0456 e. The molecule has 0 radical (unpaired) electrons. The van der Waals surface area contributed by atoms with E-state index in [-0.39, 0.29) is 0 Å². The molecule has 0 aliphatic heterocycles. The molecule has 1 N–H and O–H groups in total. The van der Waals surface area contributed by atoms with Gasteiger partial charge in [0.25, 0.3) is 0 Å². The predicted molar refractivity (Wildman–Crippen MR) is 55.8 cm³/mol. The van der Waals surface area contributed by atoms with E-state index >= 15 is 0 Å². The average Bonchev–Trinajstić information content (AvgIpc) is 2.27. The second-order valence-corrected chi connectivity index (χ2v) is 3.93. The lowest BCUT2D eigenvalue weighted by Crippen LogP contribution is -1.69. The molecule has 0 aliphatic rings. The van der Waals surface area contributed by atoms with Crippen LogP contribution in [-0.2, 0) is 0 Å². The first kappa shape index (κ1) is 7.16. The lowest BCUT2D eigenvalue weighted by atomic mass is 10.2. The summed E-state index contributed by atoms with van der Waals surface area (Å²) in [5, 5.41) is 1.30. The highest BCUT2D eigenvalue weighted by Crippen LogP contribution is 2.17. The maximum absolute atomic E-state index is 3.28. The Balaban J connectivity index is 2.82. The van der Waals surface area contributed by atoms with Crippen molar-refractivity contribution in [3.05, 3.63) is 33.5 Å². The maximum atomic E-state index is 3.28. The van der Waals surface area contributed by atoms with Crippen LogP contribution >= 0.6 is 22.6 Å². The summed E-state index contributed by atoms with van der Waals surface area (Å²) in [4.78, 5) is 3.28. The van der Waals surface area contributed by atoms with Gasteiger partial charge in [-0.25, -0.2) is 0 Å². The minimum Gasteiger partial charge on any atom is -0.359 e. The van der Waals surface area contributed by atoms with Crippen molar-refractivity contribution in [2.75, 3.05) is 0 Å². The van der Waals surface area contributed by atoms with Gasteiger partial charge in [-0.2, -0.15) is 0 Å². The fraction of sp³-hybridized carbons (Fsp3) is 0.111. The Kier molecular flexibility index (Phi) is 1.64. The van der Waals surface area contributed by atoms with Gasteiger partial charge < -0.3 is 4.98 Å². The molecular formula is C9H8IN. The van der Waals surface area contributed by atoms with E-state index in [2.05, 4.69) is 58.8 Å². The number of halogens is 1. The standard InChI is InChI=1S/C9H8IN/c1-6-4-7-5-8(10)2-3-9(7)11-6/h2-5,11H,1H3. The molecular weight excluding hydrogens is 249 g/mol. The zero-order valence-electron chi connectivity index (χ0n) is 6.19. The summed E-state index contributed by atoms with van der Waals surface area (Å²) >= 11 is 2.32. The monoisotopic (exact) mass is 257 g/mol. The molecule has 2 aromatic rings. The predicted octanol–water partition coefficient (Wildman–Crippen LogP) is 3.08. The van der Waals surface area contributed by atoms with Crippen LogP contribution in [0.15, 0.2) is 24.3 Å². The molecule has 1 aromatic heterocycles. The van der Waals surface area contributed by atoms with Gasteiger partial charge in [0.15, 0.2) is 0 Å². The van der Waals surface area contributed by atoms with Crippen LogP contribution in [0.1, 0.15) is 5.69 Å². The van der Waals surface area contributed by atoms with Crippen molar-refractivity contribution in [3.8, 4) is 0 Å². The normalized spacial score (nSPS) is 10.7. The number of hydrogen-bond acceptors (Lipinski definition) is 0. The van der Waals surface area contributed by atoms with Gasteiger partial charge in [-0.15, -0.1) is 0 Å². The fourth-order valence-corrected chi connectivity index (χ4v) is 1.76. The third kappa shape index (κ3) is 1.27. The van der Waals surface area contributed by atoms with E-state index in [1.165, 1.54) is 20.2 Å². The number of benzene rings is 1. The molecule has 2 heteroatoms. The van der Waals surface area contributed by atoms with Crippen molar-refractivity contribution in [2.24, 2.45) is 0 Å². The Bertz CT molecular complexity index is 389. The SMILES string of the molecule is Cc1cc2cc(I)ccc2[nH]1. The molecule has 0 saturated heterocycles. The summed E-state index contributed by atoms with van der Waals surface area (Å²) in [6.45, 7) is 2.08. The lowest BCUT2D eigenvalue weighted by molar-refractivity contribution is 1.30. The number of hydrogen-bond donors (Lipinski definition) is 1. The number of nitrogens with one attached hydrogen (secondary N) is 1. The summed E-state index contributed by atoms with van der Waals surface area (Å²) in [7, 11) is 0. The summed E-state index contributed by atoms with van der Waals surface area (Å²) < 4.78 is 1.29. The number of aryl methyl sites for hydroxylation is 1. The zero-order valence-corrected chi connectivity index (χ0v) is 8.34. The molecule has 0 fully saturated rings. The molecule has 0 unspecified atom stereocenters. The summed E-state index contributed by atoms with van der Waals surface area (Å²) in [5.74, 6) is 0. The summed E-state index contributed by atoms with van der Waals surface area (Å²) in [6, 6.07) is 8.57. The second-order valence-electron chi connectivity index (χ2n) is 2.68. The van der Waals surface area contributed by atoms with E-state index < -0.39 is 0 Å². The Morgan fingerprint density at radius 3 is 2.91 bits per heavy atom. The fourth-order valence-electron chi connectivity index (χ4n) is 1.25. The van der Waals surface area contributed by atoms with Gasteiger partial charge in [0.05, 0.1) is 0 Å². The average molecular weight is 257 g/mol.